The van der Waals surface area contributed by atoms with Gasteiger partial charge in [0, 0.05) is 19.6 Å². The van der Waals surface area contributed by atoms with E-state index in [0.717, 1.165) is 11.1 Å². The van der Waals surface area contributed by atoms with E-state index < -0.39 is 11.7 Å². The molecule has 3 rings (SSSR count). The van der Waals surface area contributed by atoms with Gasteiger partial charge in [0.2, 0.25) is 0 Å². The average Bonchev–Trinajstić information content (AvgIpc) is 2.58. The molecule has 1 aliphatic rings. The highest BCUT2D eigenvalue weighted by Gasteiger charge is 2.34. The molecule has 2 aromatic carbocycles. The van der Waals surface area contributed by atoms with Crippen LogP contribution in [0.1, 0.15) is 35.6 Å². The normalized spacial score (nSPS) is 19.2. The first-order valence-corrected chi connectivity index (χ1v) is 8.42. The summed E-state index contributed by atoms with van der Waals surface area (Å²) in [5.41, 5.74) is 1.95. The Morgan fingerprint density at radius 3 is 2.21 bits per heavy atom. The van der Waals surface area contributed by atoms with E-state index in [4.69, 9.17) is 0 Å². The molecule has 0 aromatic heterocycles. The SMILES string of the molecule is Cc1ccc([C@H](O)CN2CCC(O)(c3ccc(F)cc3)CC2)cc1. The monoisotopic (exact) mass is 329 g/mol. The second-order valence-corrected chi connectivity index (χ2v) is 6.77. The molecule has 2 N–H and O–H groups in total. The highest BCUT2D eigenvalue weighted by Crippen LogP contribution is 2.33. The minimum atomic E-state index is -0.904. The Labute approximate surface area is 142 Å². The number of aliphatic hydroxyl groups excluding tert-OH is 1. The van der Waals surface area contributed by atoms with Crippen LogP contribution in [0.3, 0.4) is 0 Å². The van der Waals surface area contributed by atoms with Crippen molar-refractivity contribution in [2.24, 2.45) is 0 Å². The van der Waals surface area contributed by atoms with E-state index in [1.54, 1.807) is 12.1 Å². The minimum Gasteiger partial charge on any atom is -0.387 e. The van der Waals surface area contributed by atoms with Crippen LogP contribution >= 0.6 is 0 Å². The summed E-state index contributed by atoms with van der Waals surface area (Å²) in [5, 5.41) is 21.2. The standard InChI is InChI=1S/C20H24FNO2/c1-15-2-4-16(5-3-15)19(23)14-22-12-10-20(24,11-13-22)17-6-8-18(21)9-7-17/h2-9,19,23-24H,10-14H2,1H3/t19-/m1/s1. The number of piperidine rings is 1. The van der Waals surface area contributed by atoms with Crippen LogP contribution in [0.4, 0.5) is 4.39 Å². The van der Waals surface area contributed by atoms with E-state index in [-0.39, 0.29) is 5.82 Å². The predicted octanol–water partition coefficient (Wildman–Crippen LogP) is 3.15. The van der Waals surface area contributed by atoms with Crippen LogP contribution < -0.4 is 0 Å². The number of hydrogen-bond acceptors (Lipinski definition) is 3. The van der Waals surface area contributed by atoms with Crippen LogP contribution in [-0.4, -0.2) is 34.7 Å². The Morgan fingerprint density at radius 2 is 1.62 bits per heavy atom. The first kappa shape index (κ1) is 17.1. The number of rotatable bonds is 4. The molecule has 1 heterocycles. The first-order valence-electron chi connectivity index (χ1n) is 8.42. The molecule has 24 heavy (non-hydrogen) atoms. The molecule has 3 nitrogen and oxygen atoms in total. The lowest BCUT2D eigenvalue weighted by Crippen LogP contribution is -2.43. The molecule has 2 aromatic rings. The number of hydrogen-bond donors (Lipinski definition) is 2. The van der Waals surface area contributed by atoms with Crippen molar-refractivity contribution < 1.29 is 14.6 Å². The van der Waals surface area contributed by atoms with Crippen LogP contribution in [-0.2, 0) is 5.60 Å². The van der Waals surface area contributed by atoms with Crippen molar-refractivity contribution >= 4 is 0 Å². The van der Waals surface area contributed by atoms with Crippen molar-refractivity contribution in [3.05, 3.63) is 71.0 Å². The third-order valence-electron chi connectivity index (χ3n) is 4.96. The summed E-state index contributed by atoms with van der Waals surface area (Å²) < 4.78 is 13.1. The number of aliphatic hydroxyl groups is 2. The summed E-state index contributed by atoms with van der Waals surface area (Å²) in [6.45, 7) is 3.99. The van der Waals surface area contributed by atoms with Gasteiger partial charge in [0.25, 0.3) is 0 Å². The Morgan fingerprint density at radius 1 is 1.04 bits per heavy atom. The van der Waals surface area contributed by atoms with Crippen LogP contribution in [0.5, 0.6) is 0 Å². The van der Waals surface area contributed by atoms with E-state index >= 15 is 0 Å². The minimum absolute atomic E-state index is 0.291. The Bertz CT molecular complexity index is 661. The van der Waals surface area contributed by atoms with Gasteiger partial charge in [-0.1, -0.05) is 42.0 Å². The largest absolute Gasteiger partial charge is 0.387 e. The number of β-amino-alcohol motifs (C(OH)–C–C–N with tert-alkyl or cyclic N) is 1. The number of aryl methyl sites for hydroxylation is 1. The molecule has 0 amide bonds. The van der Waals surface area contributed by atoms with Crippen molar-refractivity contribution in [2.45, 2.75) is 31.5 Å². The fourth-order valence-electron chi connectivity index (χ4n) is 3.29. The van der Waals surface area contributed by atoms with Gasteiger partial charge in [-0.25, -0.2) is 4.39 Å². The lowest BCUT2D eigenvalue weighted by molar-refractivity contribution is -0.0345. The first-order chi connectivity index (χ1) is 11.5. The van der Waals surface area contributed by atoms with E-state index in [1.807, 2.05) is 31.2 Å². The lowest BCUT2D eigenvalue weighted by atomic mass is 9.84. The average molecular weight is 329 g/mol. The number of benzene rings is 2. The number of nitrogens with zero attached hydrogens (tertiary/aromatic N) is 1. The molecule has 1 fully saturated rings. The van der Waals surface area contributed by atoms with Crippen LogP contribution in [0.15, 0.2) is 48.5 Å². The highest BCUT2D eigenvalue weighted by atomic mass is 19.1. The molecule has 1 aliphatic heterocycles. The summed E-state index contributed by atoms with van der Waals surface area (Å²) in [4.78, 5) is 2.17. The van der Waals surface area contributed by atoms with Crippen molar-refractivity contribution in [3.8, 4) is 0 Å². The van der Waals surface area contributed by atoms with E-state index in [9.17, 15) is 14.6 Å². The second-order valence-electron chi connectivity index (χ2n) is 6.77. The molecule has 0 bridgehead atoms. The van der Waals surface area contributed by atoms with Crippen LogP contribution in [0.25, 0.3) is 0 Å². The summed E-state index contributed by atoms with van der Waals surface area (Å²) in [6, 6.07) is 14.0. The van der Waals surface area contributed by atoms with Gasteiger partial charge in [-0.05, 0) is 43.0 Å². The summed E-state index contributed by atoms with van der Waals surface area (Å²) in [5.74, 6) is -0.291. The van der Waals surface area contributed by atoms with Crippen molar-refractivity contribution in [3.63, 3.8) is 0 Å². The van der Waals surface area contributed by atoms with Gasteiger partial charge < -0.3 is 15.1 Å². The van der Waals surface area contributed by atoms with Gasteiger partial charge in [0.1, 0.15) is 5.82 Å². The summed E-state index contributed by atoms with van der Waals surface area (Å²) in [6.07, 6.45) is 0.640. The summed E-state index contributed by atoms with van der Waals surface area (Å²) in [7, 11) is 0. The molecule has 1 saturated heterocycles. The van der Waals surface area contributed by atoms with Crippen LogP contribution in [0, 0.1) is 12.7 Å². The topological polar surface area (TPSA) is 43.7 Å². The third kappa shape index (κ3) is 3.83. The maximum atomic E-state index is 13.1. The van der Waals surface area contributed by atoms with Crippen molar-refractivity contribution in [1.82, 2.24) is 4.90 Å². The van der Waals surface area contributed by atoms with Crippen molar-refractivity contribution in [1.29, 1.82) is 0 Å². The van der Waals surface area contributed by atoms with E-state index in [0.29, 0.717) is 32.5 Å². The zero-order valence-corrected chi connectivity index (χ0v) is 14.0. The zero-order valence-electron chi connectivity index (χ0n) is 14.0. The maximum absolute atomic E-state index is 13.1. The van der Waals surface area contributed by atoms with E-state index in [1.165, 1.54) is 17.7 Å². The van der Waals surface area contributed by atoms with Gasteiger partial charge in [-0.15, -0.1) is 0 Å². The second kappa shape index (κ2) is 7.01. The van der Waals surface area contributed by atoms with Crippen LogP contribution in [0.2, 0.25) is 0 Å². The number of halogens is 1. The Balaban J connectivity index is 1.58. The maximum Gasteiger partial charge on any atom is 0.123 e. The Kier molecular flexibility index (Phi) is 4.99. The van der Waals surface area contributed by atoms with Gasteiger partial charge in [-0.3, -0.25) is 0 Å². The lowest BCUT2D eigenvalue weighted by Gasteiger charge is -2.39. The molecule has 0 saturated carbocycles. The van der Waals surface area contributed by atoms with Crippen molar-refractivity contribution in [2.75, 3.05) is 19.6 Å². The van der Waals surface area contributed by atoms with Gasteiger partial charge in [-0.2, -0.15) is 0 Å². The fourth-order valence-corrected chi connectivity index (χ4v) is 3.29. The molecule has 0 spiro atoms. The Hall–Kier alpha value is -1.75. The smallest absolute Gasteiger partial charge is 0.123 e. The van der Waals surface area contributed by atoms with Gasteiger partial charge in [0.05, 0.1) is 11.7 Å². The predicted molar refractivity (Wildman–Crippen MR) is 92.1 cm³/mol. The molecule has 128 valence electrons. The molecular weight excluding hydrogens is 305 g/mol. The fraction of sp³-hybridized carbons (Fsp3) is 0.400. The summed E-state index contributed by atoms with van der Waals surface area (Å²) >= 11 is 0. The third-order valence-corrected chi connectivity index (χ3v) is 4.96. The zero-order chi connectivity index (χ0) is 17.2. The van der Waals surface area contributed by atoms with Gasteiger partial charge in [0.15, 0.2) is 0 Å². The molecule has 0 radical (unpaired) electrons. The molecule has 0 aliphatic carbocycles. The van der Waals surface area contributed by atoms with Gasteiger partial charge >= 0.3 is 0 Å². The quantitative estimate of drug-likeness (QED) is 0.906. The molecule has 4 heteroatoms. The van der Waals surface area contributed by atoms with E-state index in [2.05, 4.69) is 4.90 Å². The molecular formula is C20H24FNO2. The highest BCUT2D eigenvalue weighted by molar-refractivity contribution is 5.25. The number of likely N-dealkylation sites (tertiary alicyclic amines) is 1. The molecule has 1 atom stereocenters. The molecule has 0 unspecified atom stereocenters.